The van der Waals surface area contributed by atoms with Crippen LogP contribution in [0.3, 0.4) is 0 Å². The van der Waals surface area contributed by atoms with Gasteiger partial charge in [0.2, 0.25) is 0 Å². The molecule has 0 N–H and O–H groups in total. The fourth-order valence-corrected chi connectivity index (χ4v) is 32.3. The third kappa shape index (κ3) is 47.4. The monoisotopic (exact) mass is 2310 g/mol. The highest BCUT2D eigenvalue weighted by Crippen LogP contribution is 2.54. The van der Waals surface area contributed by atoms with Crippen molar-refractivity contribution in [1.82, 2.24) is 4.90 Å². The Balaban J connectivity index is 0. The van der Waals surface area contributed by atoms with Gasteiger partial charge in [-0.05, 0) is 191 Å². The van der Waals surface area contributed by atoms with Crippen LogP contribution in [-0.4, -0.2) is 295 Å². The Kier molecular flexibility index (Phi) is 75.7. The fourth-order valence-electron chi connectivity index (χ4n) is 13.8. The van der Waals surface area contributed by atoms with Crippen molar-refractivity contribution in [1.29, 1.82) is 0 Å². The number of rotatable bonds is 56. The third-order valence-electron chi connectivity index (χ3n) is 22.1. The van der Waals surface area contributed by atoms with Gasteiger partial charge in [0.25, 0.3) is 0 Å². The summed E-state index contributed by atoms with van der Waals surface area (Å²) in [6.45, 7) is 12.3. The van der Waals surface area contributed by atoms with Crippen molar-refractivity contribution in [2.24, 2.45) is 0 Å². The smallest absolute Gasteiger partial charge is 0.494 e. The van der Waals surface area contributed by atoms with Gasteiger partial charge < -0.3 is 121 Å². The van der Waals surface area contributed by atoms with E-state index in [1.807, 2.05) is 18.7 Å². The summed E-state index contributed by atoms with van der Waals surface area (Å²) in [5.41, 5.74) is 0. The highest BCUT2D eigenvalue weighted by Gasteiger charge is 2.49. The molecule has 0 heterocycles. The highest BCUT2D eigenvalue weighted by atomic mass is 127. The average molecular weight is 2310 g/mol. The minimum atomic E-state index is -2.69. The lowest BCUT2D eigenvalue weighted by Gasteiger charge is -2.27. The summed E-state index contributed by atoms with van der Waals surface area (Å²) in [4.78, 5) is 6.26. The molecule has 41 heteroatoms. The van der Waals surface area contributed by atoms with E-state index >= 15 is 0 Å². The van der Waals surface area contributed by atoms with Gasteiger partial charge in [-0.1, -0.05) is 123 Å². The number of quaternary nitrogens is 1. The molecule has 9 aromatic carbocycles. The molecule has 0 atom stereocenters. The maximum atomic E-state index is 6.09. The molecule has 0 saturated carbocycles. The number of ether oxygens (including phenoxy) is 3. The third-order valence-corrected chi connectivity index (χ3v) is 49.7. The summed E-state index contributed by atoms with van der Waals surface area (Å²) >= 11 is -0.123. The molecule has 0 aliphatic carbocycles. The first-order chi connectivity index (χ1) is 65.6. The molecule has 0 unspecified atom stereocenters. The molecule has 9 rings (SSSR count). The zero-order valence-corrected chi connectivity index (χ0v) is 102. The zero-order valence-electron chi connectivity index (χ0n) is 87.7. The predicted octanol–water partition coefficient (Wildman–Crippen LogP) is 15.6. The van der Waals surface area contributed by atoms with Crippen molar-refractivity contribution >= 4 is 151 Å². The maximum absolute atomic E-state index is 6.09. The summed E-state index contributed by atoms with van der Waals surface area (Å²) in [5.74, 6) is 2.61. The number of benzene rings is 9. The highest BCUT2D eigenvalue weighted by molar-refractivity contribution is 8.01. The molecule has 0 aliphatic rings. The summed E-state index contributed by atoms with van der Waals surface area (Å²) < 4.78 is 137. The van der Waals surface area contributed by atoms with E-state index in [0.29, 0.717) is 25.9 Å². The number of halogens is 5. The van der Waals surface area contributed by atoms with Gasteiger partial charge in [-0.3, -0.25) is 0 Å². The lowest BCUT2D eigenvalue weighted by molar-refractivity contribution is -0.870. The van der Waals surface area contributed by atoms with E-state index in [2.05, 4.69) is 283 Å². The minimum Gasteiger partial charge on any atom is -0.494 e. The summed E-state index contributed by atoms with van der Waals surface area (Å²) in [5, 5.41) is 5.28. The molecule has 0 saturated heterocycles. The fraction of sp³-hybridized carbons (Fsp3) is 0.455. The van der Waals surface area contributed by atoms with E-state index in [1.54, 1.807) is 128 Å². The predicted molar refractivity (Wildman–Crippen MR) is 587 cm³/mol. The van der Waals surface area contributed by atoms with Gasteiger partial charge in [0.15, 0.2) is 21.8 Å². The first-order valence-electron chi connectivity index (χ1n) is 45.1. The first kappa shape index (κ1) is 138. The number of hydrogen-bond donors (Lipinski definition) is 0. The zero-order chi connectivity index (χ0) is 101. The van der Waals surface area contributed by atoms with E-state index in [0.717, 1.165) is 104 Å². The van der Waals surface area contributed by atoms with Crippen LogP contribution in [0, 0.1) is 7.14 Å². The van der Waals surface area contributed by atoms with E-state index in [4.69, 9.17) is 112 Å². The van der Waals surface area contributed by atoms with Crippen LogP contribution in [0.25, 0.3) is 0 Å². The second kappa shape index (κ2) is 77.0. The molecule has 0 aromatic heterocycles. The van der Waals surface area contributed by atoms with Crippen molar-refractivity contribution in [3.63, 3.8) is 0 Å². The summed E-state index contributed by atoms with van der Waals surface area (Å²) in [6, 6.07) is 93.9. The van der Waals surface area contributed by atoms with E-state index in [9.17, 15) is 0 Å². The summed E-state index contributed by atoms with van der Waals surface area (Å²) in [7, 11) is 22.6. The van der Waals surface area contributed by atoms with Crippen LogP contribution in [0.2, 0.25) is 36.8 Å². The van der Waals surface area contributed by atoms with Gasteiger partial charge in [0.1, 0.15) is 45.7 Å². The van der Waals surface area contributed by atoms with Crippen molar-refractivity contribution in [3.8, 4) is 17.2 Å². The minimum absolute atomic E-state index is 0. The van der Waals surface area contributed by atoms with E-state index in [1.165, 1.54) is 71.5 Å². The Bertz CT molecular complexity index is 4230. The Morgan fingerprint density at radius 1 is 0.271 bits per heavy atom. The Hall–Kier alpha value is -4.39. The van der Waals surface area contributed by atoms with Crippen molar-refractivity contribution in [2.45, 2.75) is 97.4 Å². The topological polar surface area (TPSA) is 234 Å². The Morgan fingerprint density at radius 2 is 0.507 bits per heavy atom. The lowest BCUT2D eigenvalue weighted by atomic mass is 10.3. The molecule has 0 amide bonds. The van der Waals surface area contributed by atoms with Crippen LogP contribution < -0.4 is 56.6 Å². The largest absolute Gasteiger partial charge is 0.678 e. The van der Waals surface area contributed by atoms with Crippen LogP contribution in [0.15, 0.2) is 269 Å². The molecule has 0 aliphatic heterocycles. The van der Waals surface area contributed by atoms with Crippen molar-refractivity contribution in [3.05, 3.63) is 262 Å². The number of hydrogen-bond acceptors (Lipinski definition) is 26. The second-order valence-corrected chi connectivity index (χ2v) is 60.3. The molecule has 0 radical (unpaired) electrons. The Labute approximate surface area is 885 Å². The lowest BCUT2D eigenvalue weighted by Crippen LogP contribution is -3.61. The molecule has 0 bridgehead atoms. The van der Waals surface area contributed by atoms with Gasteiger partial charge in [-0.25, -0.2) is 0 Å². The summed E-state index contributed by atoms with van der Waals surface area (Å²) in [6.07, 6.45) is 4.55. The normalized spacial score (nSPS) is 11.6. The average Bonchev–Trinajstić information content (AvgIpc) is 0.734. The van der Waals surface area contributed by atoms with Gasteiger partial charge in [-0.15, -0.1) is 49.6 Å². The second-order valence-electron chi connectivity index (χ2n) is 30.8. The molecular weight excluding hydrogens is 2150 g/mol. The molecule has 140 heavy (non-hydrogen) atoms. The molecule has 0 spiro atoms. The quantitative estimate of drug-likeness (QED) is 0.00860. The van der Waals surface area contributed by atoms with Crippen LogP contribution in [0.4, 0.5) is 0 Å². The molecule has 790 valence electrons. The van der Waals surface area contributed by atoms with E-state index in [-0.39, 0.29) is 81.7 Å². The maximum Gasteiger partial charge on any atom is 0.678 e. The molecule has 0 fully saturated rings. The number of nitrogens with zero attached hydrogens (tertiary/aromatic N) is 2. The van der Waals surface area contributed by atoms with Crippen molar-refractivity contribution < 1.29 is 137 Å². The standard InChI is InChI=1S/C30H34O4PSi.C24H29O4SSi.C18H24IO4Si.C10H25NO3Si.C9H24NO3Si.C4H12O4Si.C4H12O3Si.4ClH/c1-31-36(32-2,33-3)25-13-24-34-26-20-22-30(23-21-26)35(27-14-7-4-8-15-27,28-16-9-5-10-17-28)29-18-11-6-12-19-29;1-25-30(26-2,27-3)20-10-19-28-21-15-17-24(18-16-21)29(22-11-6-4-7-12-22)23-13-8-5-9-14-23;1-20-24(21-2,22-3)15-7-14-23-18-12-10-17(11-13-18)19-16-8-5-4-6-9-16;1-6-11(7-2)9-8-10-15(12-3,13-4)14-5;1-10(2,3)8-7-9-14(11-4,12-5)13-6;1-5-9(6-2,7-3)8-4;1-5-8(4,6-2)7-3;;;;/h4-12,14-23H,13,24-25H2,1-3H3;4-9,11-18H,10,19-20H2,1-3H3;4-6,8-13H,7,14-15H2,1-3H3;6-10H2,1-5H3;7-9H2,1-6H3;1-4H3;1-4H3;4*1H/q3*+1;;+1;;;;;;. The van der Waals surface area contributed by atoms with Crippen LogP contribution in [0.1, 0.15) is 46.0 Å². The molecule has 9 aromatic rings. The van der Waals surface area contributed by atoms with Crippen molar-refractivity contribution in [2.75, 3.05) is 224 Å². The Morgan fingerprint density at radius 3 is 0.757 bits per heavy atom. The van der Waals surface area contributed by atoms with Crippen LogP contribution in [-0.2, 0) is 108 Å². The molecule has 27 nitrogen and oxygen atoms in total. The molecular formula is C99H164Cl4IN2O25PSSi7+4. The SMILES string of the molecule is CCN(CC)CCC[Si](OC)(OC)OC.CO[Si](C)(OC)OC.CO[Si](CCCOc1ccc([I+]c2ccccc2)cc1)(OC)OC.CO[Si](CCCOc1ccc([P+](c2ccccc2)(c2ccccc2)c2ccccc2)cc1)(OC)OC.CO[Si](CCCOc1ccc([S+](c2ccccc2)c2ccccc2)cc1)(OC)OC.CO[Si](CCC[N+](C)(C)C)(OC)OC.CO[Si](OC)(OC)OC.Cl.Cl.Cl.Cl. The van der Waals surface area contributed by atoms with Gasteiger partial charge in [0, 0.05) is 200 Å². The van der Waals surface area contributed by atoms with E-state index < -0.39 is 69.1 Å². The van der Waals surface area contributed by atoms with Crippen LogP contribution >= 0.6 is 56.9 Å². The van der Waals surface area contributed by atoms with Gasteiger partial charge >= 0.3 is 83.1 Å². The van der Waals surface area contributed by atoms with Crippen LogP contribution in [0.5, 0.6) is 17.2 Å². The van der Waals surface area contributed by atoms with Gasteiger partial charge in [0.05, 0.1) is 58.4 Å². The van der Waals surface area contributed by atoms with Gasteiger partial charge in [-0.2, -0.15) is 0 Å². The first-order valence-corrected chi connectivity index (χ1v) is 63.7.